The van der Waals surface area contributed by atoms with E-state index >= 15 is 0 Å². The van der Waals surface area contributed by atoms with E-state index in [-0.39, 0.29) is 6.54 Å². The van der Waals surface area contributed by atoms with Gasteiger partial charge in [-0.25, -0.2) is 4.57 Å². The highest BCUT2D eigenvalue weighted by Crippen LogP contribution is 2.56. The van der Waals surface area contributed by atoms with Gasteiger partial charge < -0.3 is 234 Å². The summed E-state index contributed by atoms with van der Waals surface area (Å²) in [6.45, 7) is -9.22. The van der Waals surface area contributed by atoms with Gasteiger partial charge in [-0.15, -0.1) is 0 Å². The molecule has 1 saturated carbocycles. The van der Waals surface area contributed by atoms with Crippen molar-refractivity contribution in [3.8, 4) is 0 Å². The molecule has 109 heavy (non-hydrogen) atoms. The van der Waals surface area contributed by atoms with Crippen LogP contribution in [0.1, 0.15) is 0 Å². The van der Waals surface area contributed by atoms with Gasteiger partial charge in [0, 0.05) is 6.54 Å². The Hall–Kier alpha value is -1.50. The third-order valence-corrected chi connectivity index (χ3v) is 22.6. The van der Waals surface area contributed by atoms with Gasteiger partial charge in [-0.05, 0) is 0 Å². The summed E-state index contributed by atoms with van der Waals surface area (Å²) in [6.07, 6.45) is -97.6. The molecule has 51 nitrogen and oxygen atoms in total. The summed E-state index contributed by atoms with van der Waals surface area (Å²) in [6, 6.07) is -1.98. The van der Waals surface area contributed by atoms with Crippen LogP contribution >= 0.6 is 15.4 Å². The molecule has 48 atom stereocenters. The molecule has 10 fully saturated rings. The van der Waals surface area contributed by atoms with E-state index in [9.17, 15) is 152 Å². The van der Waals surface area contributed by atoms with E-state index in [2.05, 4.69) is 0 Å². The van der Waals surface area contributed by atoms with E-state index in [4.69, 9.17) is 101 Å². The number of phosphoric ester groups is 1. The Morgan fingerprint density at radius 2 is 0.624 bits per heavy atom. The van der Waals surface area contributed by atoms with Crippen LogP contribution in [0.15, 0.2) is 0 Å². The molecule has 10 aliphatic rings. The first-order valence-corrected chi connectivity index (χ1v) is 37.5. The Balaban J connectivity index is 0.972. The molecule has 0 aromatic carbocycles. The number of ether oxygens (including phenoxy) is 16. The van der Waals surface area contributed by atoms with Crippen LogP contribution in [0.2, 0.25) is 0 Å². The lowest BCUT2D eigenvalue weighted by Gasteiger charge is -2.50. The van der Waals surface area contributed by atoms with Gasteiger partial charge in [0.05, 0.1) is 65.1 Å². The average molecular weight is 1650 g/mol. The molecule has 9 saturated heterocycles. The van der Waals surface area contributed by atoms with E-state index in [0.29, 0.717) is 0 Å². The zero-order chi connectivity index (χ0) is 80.1. The first-order valence-electron chi connectivity index (χ1n) is 34.2. The fourth-order valence-electron chi connectivity index (χ4n) is 13.8. The number of hydrogen-bond acceptors (Lipinski definition) is 49. The smallest absolute Gasteiger partial charge is 0.394 e. The second kappa shape index (κ2) is 37.6. The first kappa shape index (κ1) is 89.8. The zero-order valence-electron chi connectivity index (χ0n) is 56.8. The Labute approximate surface area is 614 Å². The minimum atomic E-state index is -5.01. The maximum Gasteiger partial charge on any atom is 0.473 e. The van der Waals surface area contributed by atoms with Crippen molar-refractivity contribution in [3.05, 3.63) is 0 Å². The predicted molar refractivity (Wildman–Crippen MR) is 329 cm³/mol. The van der Waals surface area contributed by atoms with Gasteiger partial charge in [0.25, 0.3) is 0 Å². The minimum Gasteiger partial charge on any atom is -0.394 e. The molecular formula is C56H98N2O49P2. The third kappa shape index (κ3) is 19.1. The molecule has 2 unspecified atom stereocenters. The predicted octanol–water partition coefficient (Wildman–Crippen LogP) is -19.9. The fourth-order valence-corrected chi connectivity index (χ4v) is 15.8. The van der Waals surface area contributed by atoms with Gasteiger partial charge in [-0.2, -0.15) is 0 Å². The molecule has 32 N–H and O–H groups in total. The van der Waals surface area contributed by atoms with Crippen LogP contribution in [-0.4, -0.2) is 490 Å². The summed E-state index contributed by atoms with van der Waals surface area (Å²) >= 11 is 0. The Kier molecular flexibility index (Phi) is 31.0. The van der Waals surface area contributed by atoms with Gasteiger partial charge in [0.1, 0.15) is 226 Å². The molecule has 9 aliphatic heterocycles. The molecule has 0 radical (unpaired) electrons. The fraction of sp³-hybridized carbons (Fsp3) is 1.00. The standard InChI is InChI=1S/C56H98N2O49P2/c57-1-2-108(85,86)91-10-18-24(68)30(74)39(83)52(98-18)104-46-33(77)23(67)14(6-62)95-55(46)90-9-17-26(70)42(40(84)53(97-17)100-41-15(7-63)96-49(19(58)27(41)71)102-43-35(79)31(75)36(80)44-48(43)107-109(87,88)106-44)101-56-47(105-51-38(82)29(73)21(65)12(4-60)93-51)34(78)25(69)16(99-56)8-89-54-45(32(76)22(66)13(5-61)94-54)103-50-37(81)28(72)20(64)11(3-59)92-50/h11-56,59-84H,1-10,57-58H2,(H,85,86)(H,87,88)/t11-,12-,13-,14-,15-,16-,17-,18-,19-,20+,21+,22+,23-,24-,25+,26-,27-,28+,29+,30+,31+,32+,33+,34+,35+,36-,37-,38-,39+,40+,41-,42+,43-,44-,45-,46+,47-,48+,49-,50-,51-,52-,53-,54+,55+,56-/m1/s1. The van der Waals surface area contributed by atoms with Gasteiger partial charge in [0.2, 0.25) is 0 Å². The molecule has 0 bridgehead atoms. The normalized spacial score (nSPS) is 53.4. The van der Waals surface area contributed by atoms with Crippen LogP contribution < -0.4 is 11.5 Å². The lowest BCUT2D eigenvalue weighted by Crippen LogP contribution is -2.70. The van der Waals surface area contributed by atoms with Crippen LogP contribution in [-0.2, 0) is 98.5 Å². The molecule has 1 aliphatic carbocycles. The topological polar surface area (TPSA) is 828 Å². The van der Waals surface area contributed by atoms with E-state index in [1.165, 1.54) is 0 Å². The number of aliphatic hydroxyl groups is 26. The number of phosphoric acid groups is 1. The van der Waals surface area contributed by atoms with Crippen LogP contribution in [0, 0.1) is 0 Å². The molecular weight excluding hydrogens is 1550 g/mol. The minimum absolute atomic E-state index is 0.352. The lowest BCUT2D eigenvalue weighted by atomic mass is 9.84. The van der Waals surface area contributed by atoms with Crippen LogP contribution in [0.4, 0.5) is 0 Å². The van der Waals surface area contributed by atoms with Gasteiger partial charge >= 0.3 is 15.4 Å². The van der Waals surface area contributed by atoms with Crippen molar-refractivity contribution in [3.63, 3.8) is 0 Å². The van der Waals surface area contributed by atoms with Crippen molar-refractivity contribution in [2.24, 2.45) is 11.5 Å². The Morgan fingerprint density at radius 1 is 0.312 bits per heavy atom. The van der Waals surface area contributed by atoms with Crippen molar-refractivity contribution >= 4 is 15.4 Å². The molecule has 0 aromatic rings. The van der Waals surface area contributed by atoms with Crippen molar-refractivity contribution in [2.45, 2.75) is 282 Å². The van der Waals surface area contributed by atoms with Crippen LogP contribution in [0.25, 0.3) is 0 Å². The second-order valence-corrected chi connectivity index (χ2v) is 30.8. The second-order valence-electron chi connectivity index (χ2n) is 27.5. The Morgan fingerprint density at radius 3 is 1.07 bits per heavy atom. The number of hydrogen-bond donors (Lipinski definition) is 30. The van der Waals surface area contributed by atoms with E-state index in [0.717, 1.165) is 0 Å². The SMILES string of the molecule is NCCP(=O)(O)OC[C@H]1O[C@H](O[C@@H]2[C@@H](OC[C@H]3O[C@H](O[C@H]4[C@H](O)[C@@H](N)[C@@H](O[C@@H]5[C@@H](O)[C@H](O)[C@@H](O)[C@H]6OP(=O)(O)O[C@H]65)O[C@@H]4CO)[C@@H](O)[C@@H](O[C@H]4O[C@H](CO[C@H]5O[C@H](CO)[C@H](O)[C@H](O)[C@H]5O[C@H]5O[C@H](CO)[C@H](O)[C@H](O)[C@H]5O)[C@H](O)[C@H](O)[C@H]4O[C@H]4O[C@H](CO)[C@H](O)[C@H](O)[C@H]4O)[C@@H]3O)O[C@H](CO)[C@@H](O)[C@@H]2O)[C@@H](O)[C@@H](O)[C@@H]1O. The van der Waals surface area contributed by atoms with Gasteiger partial charge in [0.15, 0.2) is 50.3 Å². The molecule has 53 heteroatoms. The maximum absolute atomic E-state index is 12.6. The van der Waals surface area contributed by atoms with Crippen molar-refractivity contribution in [1.82, 2.24) is 0 Å². The number of fused-ring (bicyclic) bond motifs is 1. The number of aliphatic hydroxyl groups excluding tert-OH is 26. The lowest BCUT2D eigenvalue weighted by molar-refractivity contribution is -0.402. The van der Waals surface area contributed by atoms with Crippen LogP contribution in [0.5, 0.6) is 0 Å². The monoisotopic (exact) mass is 1640 g/mol. The van der Waals surface area contributed by atoms with Gasteiger partial charge in [-0.1, -0.05) is 0 Å². The summed E-state index contributed by atoms with van der Waals surface area (Å²) in [5.41, 5.74) is 11.8. The van der Waals surface area contributed by atoms with Crippen molar-refractivity contribution in [1.29, 1.82) is 0 Å². The third-order valence-electron chi connectivity index (χ3n) is 20.2. The highest BCUT2D eigenvalue weighted by molar-refractivity contribution is 7.52. The summed E-state index contributed by atoms with van der Waals surface area (Å²) < 4.78 is 133. The summed E-state index contributed by atoms with van der Waals surface area (Å²) in [4.78, 5) is 20.3. The molecule has 10 rings (SSSR count). The molecule has 0 spiro atoms. The van der Waals surface area contributed by atoms with Gasteiger partial charge in [-0.3, -0.25) is 13.6 Å². The van der Waals surface area contributed by atoms with Crippen molar-refractivity contribution < 1.29 is 241 Å². The highest BCUT2D eigenvalue weighted by Gasteiger charge is 2.63. The maximum atomic E-state index is 12.6. The molecule has 636 valence electrons. The van der Waals surface area contributed by atoms with E-state index in [1.54, 1.807) is 0 Å². The Bertz CT molecular complexity index is 2940. The largest absolute Gasteiger partial charge is 0.473 e. The molecule has 0 amide bonds. The average Bonchev–Trinajstić information content (AvgIpc) is 1.62. The quantitative estimate of drug-likeness (QED) is 0.0324. The summed E-state index contributed by atoms with van der Waals surface area (Å²) in [5, 5.41) is 287. The summed E-state index contributed by atoms with van der Waals surface area (Å²) in [5.74, 6) is 0. The number of rotatable bonds is 28. The highest BCUT2D eigenvalue weighted by atomic mass is 31.2. The number of nitrogens with two attached hydrogens (primary N) is 2. The summed E-state index contributed by atoms with van der Waals surface area (Å²) in [7, 11) is -9.49. The van der Waals surface area contributed by atoms with Crippen LogP contribution in [0.3, 0.4) is 0 Å². The van der Waals surface area contributed by atoms with E-state index in [1.807, 2.05) is 0 Å². The molecule has 0 aromatic heterocycles. The first-order chi connectivity index (χ1) is 51.4. The molecule has 9 heterocycles. The van der Waals surface area contributed by atoms with Crippen molar-refractivity contribution in [2.75, 3.05) is 65.6 Å². The zero-order valence-corrected chi connectivity index (χ0v) is 58.6. The van der Waals surface area contributed by atoms with E-state index < -0.39 is 357 Å².